The highest BCUT2D eigenvalue weighted by atomic mass is 16.6. The van der Waals surface area contributed by atoms with Crippen LogP contribution in [0.3, 0.4) is 0 Å². The molecule has 2 aliphatic carbocycles. The van der Waals surface area contributed by atoms with Gasteiger partial charge in [0.05, 0.1) is 5.69 Å². The molecule has 3 aromatic rings. The van der Waals surface area contributed by atoms with Crippen molar-refractivity contribution in [3.8, 4) is 0 Å². The van der Waals surface area contributed by atoms with Gasteiger partial charge in [-0.15, -0.1) is 4.91 Å². The van der Waals surface area contributed by atoms with E-state index < -0.39 is 6.09 Å². The minimum absolute atomic E-state index is 0.0296. The fourth-order valence-electron chi connectivity index (χ4n) is 4.40. The Morgan fingerprint density at radius 1 is 1.03 bits per heavy atom. The minimum Gasteiger partial charge on any atom is -0.443 e. The summed E-state index contributed by atoms with van der Waals surface area (Å²) in [5.74, 6) is -0.0296. The number of carbonyl (C=O) groups is 2. The van der Waals surface area contributed by atoms with E-state index in [2.05, 4.69) is 10.3 Å². The summed E-state index contributed by atoms with van der Waals surface area (Å²) in [5, 5.41) is 7.34. The van der Waals surface area contributed by atoms with Crippen LogP contribution in [0.1, 0.15) is 46.4 Å². The van der Waals surface area contributed by atoms with E-state index in [1.54, 1.807) is 30.5 Å². The molecule has 1 heterocycles. The van der Waals surface area contributed by atoms with Crippen LogP contribution in [0.25, 0.3) is 0 Å². The van der Waals surface area contributed by atoms with Crippen LogP contribution in [0, 0.1) is 4.91 Å². The van der Waals surface area contributed by atoms with E-state index >= 15 is 0 Å². The van der Waals surface area contributed by atoms with Crippen molar-refractivity contribution in [2.24, 2.45) is 5.18 Å². The van der Waals surface area contributed by atoms with Crippen LogP contribution in [0.5, 0.6) is 0 Å². The van der Waals surface area contributed by atoms with E-state index in [1.165, 1.54) is 4.68 Å². The van der Waals surface area contributed by atoms with Crippen molar-refractivity contribution in [2.45, 2.75) is 50.8 Å². The Kier molecular flexibility index (Phi) is 5.73. The van der Waals surface area contributed by atoms with Crippen molar-refractivity contribution >= 4 is 17.7 Å². The fraction of sp³-hybridized carbons (Fsp3) is 0.320. The molecule has 2 aliphatic rings. The number of rotatable bonds is 6. The van der Waals surface area contributed by atoms with Gasteiger partial charge in [0.15, 0.2) is 0 Å². The number of hydrogen-bond donors (Lipinski definition) is 0. The van der Waals surface area contributed by atoms with Gasteiger partial charge >= 0.3 is 6.09 Å². The van der Waals surface area contributed by atoms with Crippen LogP contribution in [-0.2, 0) is 24.2 Å². The summed E-state index contributed by atoms with van der Waals surface area (Å²) in [5.41, 5.74) is 3.63. The first-order chi connectivity index (χ1) is 16.1. The zero-order valence-electron chi connectivity index (χ0n) is 18.1. The molecule has 1 atom stereocenters. The van der Waals surface area contributed by atoms with Crippen LogP contribution in [0.2, 0.25) is 0 Å². The monoisotopic (exact) mass is 444 g/mol. The van der Waals surface area contributed by atoms with Gasteiger partial charge in [0.2, 0.25) is 0 Å². The molecule has 2 aromatic carbocycles. The molecule has 1 fully saturated rings. The molecular formula is C25H24N4O4. The van der Waals surface area contributed by atoms with Crippen molar-refractivity contribution in [3.05, 3.63) is 88.1 Å². The van der Waals surface area contributed by atoms with Gasteiger partial charge in [0.25, 0.3) is 5.91 Å². The van der Waals surface area contributed by atoms with E-state index in [4.69, 9.17) is 4.74 Å². The molecule has 1 saturated carbocycles. The second-order valence-corrected chi connectivity index (χ2v) is 8.56. The normalized spacial score (nSPS) is 17.2. The highest BCUT2D eigenvalue weighted by Crippen LogP contribution is 2.35. The van der Waals surface area contributed by atoms with Crippen molar-refractivity contribution < 1.29 is 14.3 Å². The summed E-state index contributed by atoms with van der Waals surface area (Å²) < 4.78 is 6.66. The Labute approximate surface area is 191 Å². The molecule has 8 nitrogen and oxygen atoms in total. The number of benzene rings is 2. The number of hydrogen-bond acceptors (Lipinski definition) is 6. The number of nitroso groups, excluding NO2 is 1. The molecule has 5 rings (SSSR count). The standard InChI is InChI=1S/C25H24N4O4/c30-24(18-6-8-20(27-32)9-7-18)29(21-10-11-21)22-12-13-23-19(14-22)15-28(26-23)25(31)33-16-17-4-2-1-3-5-17/h1-9,15,21-22H,10-14,16H2. The zero-order valence-corrected chi connectivity index (χ0v) is 18.1. The van der Waals surface area contributed by atoms with E-state index in [-0.39, 0.29) is 24.6 Å². The molecular weight excluding hydrogens is 420 g/mol. The molecule has 0 spiro atoms. The summed E-state index contributed by atoms with van der Waals surface area (Å²) in [6, 6.07) is 16.2. The summed E-state index contributed by atoms with van der Waals surface area (Å²) >= 11 is 0. The smallest absolute Gasteiger partial charge is 0.435 e. The lowest BCUT2D eigenvalue weighted by molar-refractivity contribution is 0.0642. The molecule has 0 radical (unpaired) electrons. The van der Waals surface area contributed by atoms with E-state index in [9.17, 15) is 14.5 Å². The lowest BCUT2D eigenvalue weighted by Gasteiger charge is -2.34. The number of amides is 1. The Morgan fingerprint density at radius 2 is 1.79 bits per heavy atom. The Hall–Kier alpha value is -3.81. The molecule has 1 amide bonds. The number of aryl methyl sites for hydroxylation is 1. The van der Waals surface area contributed by atoms with Crippen LogP contribution in [-0.4, -0.2) is 38.8 Å². The lowest BCUT2D eigenvalue weighted by atomic mass is 9.91. The lowest BCUT2D eigenvalue weighted by Crippen LogP contribution is -2.44. The van der Waals surface area contributed by atoms with E-state index in [1.807, 2.05) is 35.2 Å². The van der Waals surface area contributed by atoms with Crippen molar-refractivity contribution in [2.75, 3.05) is 0 Å². The van der Waals surface area contributed by atoms with E-state index in [0.29, 0.717) is 24.1 Å². The molecule has 0 bridgehead atoms. The second-order valence-electron chi connectivity index (χ2n) is 8.56. The molecule has 1 unspecified atom stereocenters. The average Bonchev–Trinajstić information content (AvgIpc) is 3.60. The molecule has 8 heteroatoms. The van der Waals surface area contributed by atoms with Gasteiger partial charge in [0.1, 0.15) is 12.3 Å². The number of carbonyl (C=O) groups excluding carboxylic acids is 2. The van der Waals surface area contributed by atoms with Gasteiger partial charge in [-0.25, -0.2) is 4.79 Å². The van der Waals surface area contributed by atoms with Gasteiger partial charge in [-0.1, -0.05) is 30.3 Å². The van der Waals surface area contributed by atoms with Gasteiger partial charge in [-0.2, -0.15) is 9.78 Å². The maximum absolute atomic E-state index is 13.3. The highest BCUT2D eigenvalue weighted by molar-refractivity contribution is 5.95. The molecule has 0 saturated heterocycles. The first kappa shape index (κ1) is 21.1. The SMILES string of the molecule is O=Nc1ccc(C(=O)N(C2CC2)C2CCc3nn(C(=O)OCc4ccccc4)cc3C2)cc1. The average molecular weight is 444 g/mol. The summed E-state index contributed by atoms with van der Waals surface area (Å²) in [6.45, 7) is 0.190. The molecule has 168 valence electrons. The topological polar surface area (TPSA) is 93.9 Å². The molecule has 0 N–H and O–H groups in total. The van der Waals surface area contributed by atoms with Crippen molar-refractivity contribution in [1.82, 2.24) is 14.7 Å². The van der Waals surface area contributed by atoms with Crippen molar-refractivity contribution in [1.29, 1.82) is 0 Å². The number of ether oxygens (including phenoxy) is 1. The van der Waals surface area contributed by atoms with Gasteiger partial charge in [0, 0.05) is 23.8 Å². The Balaban J connectivity index is 1.28. The minimum atomic E-state index is -0.510. The Bertz CT molecular complexity index is 1170. The molecule has 0 aliphatic heterocycles. The summed E-state index contributed by atoms with van der Waals surface area (Å²) in [6.07, 6.45) is 5.35. The highest BCUT2D eigenvalue weighted by Gasteiger charge is 2.39. The van der Waals surface area contributed by atoms with Gasteiger partial charge in [-0.3, -0.25) is 4.79 Å². The van der Waals surface area contributed by atoms with E-state index in [0.717, 1.165) is 36.1 Å². The van der Waals surface area contributed by atoms with Crippen LogP contribution in [0.4, 0.5) is 10.5 Å². The van der Waals surface area contributed by atoms with Crippen LogP contribution >= 0.6 is 0 Å². The first-order valence-electron chi connectivity index (χ1n) is 11.2. The third kappa shape index (κ3) is 4.55. The predicted octanol–water partition coefficient (Wildman–Crippen LogP) is 4.63. The second kappa shape index (κ2) is 8.97. The summed E-state index contributed by atoms with van der Waals surface area (Å²) in [7, 11) is 0. The fourth-order valence-corrected chi connectivity index (χ4v) is 4.40. The van der Waals surface area contributed by atoms with Gasteiger partial charge in [-0.05, 0) is 72.7 Å². The maximum atomic E-state index is 13.3. The van der Waals surface area contributed by atoms with Crippen molar-refractivity contribution in [3.63, 3.8) is 0 Å². The first-order valence-corrected chi connectivity index (χ1v) is 11.2. The number of nitrogens with zero attached hydrogens (tertiary/aromatic N) is 4. The zero-order chi connectivity index (χ0) is 22.8. The third-order valence-electron chi connectivity index (χ3n) is 6.23. The maximum Gasteiger partial charge on any atom is 0.435 e. The largest absolute Gasteiger partial charge is 0.443 e. The Morgan fingerprint density at radius 3 is 2.48 bits per heavy atom. The quantitative estimate of drug-likeness (QED) is 0.517. The van der Waals surface area contributed by atoms with Gasteiger partial charge < -0.3 is 9.64 Å². The third-order valence-corrected chi connectivity index (χ3v) is 6.23. The van der Waals surface area contributed by atoms with Crippen LogP contribution in [0.15, 0.2) is 66.0 Å². The molecule has 33 heavy (non-hydrogen) atoms. The molecule has 1 aromatic heterocycles. The number of aromatic nitrogens is 2. The number of fused-ring (bicyclic) bond motifs is 1. The summed E-state index contributed by atoms with van der Waals surface area (Å²) in [4.78, 5) is 38.5. The predicted molar refractivity (Wildman–Crippen MR) is 121 cm³/mol. The van der Waals surface area contributed by atoms with Crippen LogP contribution < -0.4 is 0 Å².